The average molecular weight is 414 g/mol. The summed E-state index contributed by atoms with van der Waals surface area (Å²) >= 11 is 3.58. The summed E-state index contributed by atoms with van der Waals surface area (Å²) in [4.78, 5) is 0. The molecule has 0 spiro atoms. The second-order valence-corrected chi connectivity index (χ2v) is 7.98. The number of benzene rings is 2. The molecule has 3 rings (SSSR count). The van der Waals surface area contributed by atoms with E-state index in [1.807, 2.05) is 6.07 Å². The van der Waals surface area contributed by atoms with E-state index in [0.29, 0.717) is 6.61 Å². The van der Waals surface area contributed by atoms with Crippen LogP contribution in [-0.4, -0.2) is 6.54 Å². The summed E-state index contributed by atoms with van der Waals surface area (Å²) in [6.07, 6.45) is 8.85. The molecule has 138 valence electrons. The molecule has 0 saturated carbocycles. The van der Waals surface area contributed by atoms with Gasteiger partial charge in [0.15, 0.2) is 0 Å². The zero-order chi connectivity index (χ0) is 18.2. The average Bonchev–Trinajstić information content (AvgIpc) is 2.65. The maximum absolute atomic E-state index is 6.11. The van der Waals surface area contributed by atoms with Crippen molar-refractivity contribution in [2.24, 2.45) is 0 Å². The number of halogens is 1. The third-order valence-electron chi connectivity index (χ3n) is 4.82. The molecule has 1 aliphatic rings. The summed E-state index contributed by atoms with van der Waals surface area (Å²) in [5.74, 6) is 0.957. The summed E-state index contributed by atoms with van der Waals surface area (Å²) in [6.45, 7) is 4.56. The molecule has 0 amide bonds. The Balaban J connectivity index is 1.54. The highest BCUT2D eigenvalue weighted by Crippen LogP contribution is 2.25. The minimum Gasteiger partial charge on any atom is -0.489 e. The monoisotopic (exact) mass is 413 g/mol. The Morgan fingerprint density at radius 3 is 2.85 bits per heavy atom. The third-order valence-corrected chi connectivity index (χ3v) is 5.32. The molecular weight excluding hydrogens is 386 g/mol. The van der Waals surface area contributed by atoms with E-state index in [0.717, 1.165) is 29.7 Å². The zero-order valence-electron chi connectivity index (χ0n) is 15.6. The van der Waals surface area contributed by atoms with Crippen LogP contribution in [0.15, 0.2) is 58.6 Å². The lowest BCUT2D eigenvalue weighted by Gasteiger charge is -2.15. The van der Waals surface area contributed by atoms with Crippen molar-refractivity contribution < 1.29 is 4.74 Å². The molecular formula is C23H28BrNO. The highest BCUT2D eigenvalue weighted by atomic mass is 79.9. The molecule has 0 atom stereocenters. The molecule has 0 unspecified atom stereocenters. The SMILES string of the molecule is Cc1cccc(COc2ccc(Br)cc2CNCCC2=CCCCC2)c1. The number of ether oxygens (including phenoxy) is 1. The molecule has 0 radical (unpaired) electrons. The molecule has 3 heteroatoms. The Hall–Kier alpha value is -1.58. The molecule has 0 heterocycles. The highest BCUT2D eigenvalue weighted by molar-refractivity contribution is 9.10. The smallest absolute Gasteiger partial charge is 0.124 e. The van der Waals surface area contributed by atoms with Gasteiger partial charge >= 0.3 is 0 Å². The van der Waals surface area contributed by atoms with Crippen LogP contribution in [0.5, 0.6) is 5.75 Å². The predicted octanol–water partition coefficient (Wildman–Crippen LogP) is 6.32. The topological polar surface area (TPSA) is 21.3 Å². The predicted molar refractivity (Wildman–Crippen MR) is 113 cm³/mol. The largest absolute Gasteiger partial charge is 0.489 e. The van der Waals surface area contributed by atoms with Crippen LogP contribution in [-0.2, 0) is 13.2 Å². The first-order valence-electron chi connectivity index (χ1n) is 9.56. The lowest BCUT2D eigenvalue weighted by molar-refractivity contribution is 0.302. The standard InChI is InChI=1S/C23H28BrNO/c1-18-6-5-9-20(14-18)17-26-23-11-10-22(24)15-21(23)16-25-13-12-19-7-3-2-4-8-19/h5-7,9-11,14-15,25H,2-4,8,12-13,16-17H2,1H3. The first kappa shape index (κ1) is 19.2. The Kier molecular flexibility index (Phi) is 7.33. The van der Waals surface area contributed by atoms with Gasteiger partial charge in [-0.3, -0.25) is 0 Å². The van der Waals surface area contributed by atoms with E-state index < -0.39 is 0 Å². The number of rotatable bonds is 8. The molecule has 0 fully saturated rings. The maximum Gasteiger partial charge on any atom is 0.124 e. The molecule has 0 saturated heterocycles. The third kappa shape index (κ3) is 6.00. The van der Waals surface area contributed by atoms with E-state index >= 15 is 0 Å². The number of hydrogen-bond acceptors (Lipinski definition) is 2. The van der Waals surface area contributed by atoms with Gasteiger partial charge in [0.2, 0.25) is 0 Å². The number of allylic oxidation sites excluding steroid dienone is 1. The van der Waals surface area contributed by atoms with Gasteiger partial charge in [-0.1, -0.05) is 57.4 Å². The molecule has 1 N–H and O–H groups in total. The second-order valence-electron chi connectivity index (χ2n) is 7.06. The maximum atomic E-state index is 6.11. The van der Waals surface area contributed by atoms with Crippen molar-refractivity contribution in [1.82, 2.24) is 5.32 Å². The molecule has 0 bridgehead atoms. The van der Waals surface area contributed by atoms with Gasteiger partial charge in [0.25, 0.3) is 0 Å². The van der Waals surface area contributed by atoms with E-state index in [1.165, 1.54) is 42.4 Å². The van der Waals surface area contributed by atoms with Crippen molar-refractivity contribution in [3.63, 3.8) is 0 Å². The van der Waals surface area contributed by atoms with Crippen molar-refractivity contribution >= 4 is 15.9 Å². The van der Waals surface area contributed by atoms with Crippen molar-refractivity contribution in [1.29, 1.82) is 0 Å². The van der Waals surface area contributed by atoms with Crippen LogP contribution in [0.3, 0.4) is 0 Å². The van der Waals surface area contributed by atoms with Crippen LogP contribution in [0, 0.1) is 6.92 Å². The molecule has 2 nitrogen and oxygen atoms in total. The van der Waals surface area contributed by atoms with Gasteiger partial charge in [0.05, 0.1) is 0 Å². The fourth-order valence-electron chi connectivity index (χ4n) is 3.39. The van der Waals surface area contributed by atoms with Crippen LogP contribution in [0.25, 0.3) is 0 Å². The molecule has 0 aliphatic heterocycles. The minimum atomic E-state index is 0.600. The van der Waals surface area contributed by atoms with Gasteiger partial charge in [-0.2, -0.15) is 0 Å². The van der Waals surface area contributed by atoms with Crippen LogP contribution < -0.4 is 10.1 Å². The van der Waals surface area contributed by atoms with Gasteiger partial charge in [0, 0.05) is 16.6 Å². The Labute approximate surface area is 165 Å². The first-order chi connectivity index (χ1) is 12.7. The number of aryl methyl sites for hydroxylation is 1. The fourth-order valence-corrected chi connectivity index (χ4v) is 3.80. The fraction of sp³-hybridized carbons (Fsp3) is 0.391. The molecule has 26 heavy (non-hydrogen) atoms. The molecule has 2 aromatic rings. The molecule has 0 aromatic heterocycles. The summed E-state index contributed by atoms with van der Waals surface area (Å²) in [5.41, 5.74) is 5.29. The van der Waals surface area contributed by atoms with E-state index in [4.69, 9.17) is 4.74 Å². The quantitative estimate of drug-likeness (QED) is 0.403. The van der Waals surface area contributed by atoms with Gasteiger partial charge in [-0.15, -0.1) is 0 Å². The lowest BCUT2D eigenvalue weighted by atomic mass is 9.97. The summed E-state index contributed by atoms with van der Waals surface area (Å²) < 4.78 is 7.20. The van der Waals surface area contributed by atoms with E-state index in [9.17, 15) is 0 Å². The van der Waals surface area contributed by atoms with Crippen molar-refractivity contribution in [2.45, 2.75) is 52.2 Å². The zero-order valence-corrected chi connectivity index (χ0v) is 17.1. The summed E-state index contributed by atoms with van der Waals surface area (Å²) in [5, 5.41) is 3.58. The van der Waals surface area contributed by atoms with Gasteiger partial charge in [-0.25, -0.2) is 0 Å². The Morgan fingerprint density at radius 2 is 2.04 bits per heavy atom. The summed E-state index contributed by atoms with van der Waals surface area (Å²) in [6, 6.07) is 14.7. The summed E-state index contributed by atoms with van der Waals surface area (Å²) in [7, 11) is 0. The normalized spacial score (nSPS) is 14.2. The van der Waals surface area contributed by atoms with Crippen molar-refractivity contribution in [3.05, 3.63) is 75.3 Å². The van der Waals surface area contributed by atoms with Gasteiger partial charge in [0.1, 0.15) is 12.4 Å². The van der Waals surface area contributed by atoms with Crippen LogP contribution in [0.1, 0.15) is 48.8 Å². The molecule has 1 aliphatic carbocycles. The number of nitrogens with one attached hydrogen (secondary N) is 1. The number of hydrogen-bond donors (Lipinski definition) is 1. The van der Waals surface area contributed by atoms with Crippen LogP contribution in [0.2, 0.25) is 0 Å². The van der Waals surface area contributed by atoms with Crippen molar-refractivity contribution in [2.75, 3.05) is 6.54 Å². The van der Waals surface area contributed by atoms with E-state index in [1.54, 1.807) is 5.57 Å². The van der Waals surface area contributed by atoms with Crippen LogP contribution in [0.4, 0.5) is 0 Å². The lowest BCUT2D eigenvalue weighted by Crippen LogP contribution is -2.16. The highest BCUT2D eigenvalue weighted by Gasteiger charge is 2.07. The Bertz CT molecular complexity index is 754. The van der Waals surface area contributed by atoms with Crippen LogP contribution >= 0.6 is 15.9 Å². The van der Waals surface area contributed by atoms with Gasteiger partial charge in [-0.05, 0) is 69.3 Å². The first-order valence-corrected chi connectivity index (χ1v) is 10.4. The molecule has 2 aromatic carbocycles. The van der Waals surface area contributed by atoms with Gasteiger partial charge < -0.3 is 10.1 Å². The minimum absolute atomic E-state index is 0.600. The van der Waals surface area contributed by atoms with Crippen molar-refractivity contribution in [3.8, 4) is 5.75 Å². The Morgan fingerprint density at radius 1 is 1.12 bits per heavy atom. The van der Waals surface area contributed by atoms with E-state index in [-0.39, 0.29) is 0 Å². The van der Waals surface area contributed by atoms with E-state index in [2.05, 4.69) is 70.6 Å². The second kappa shape index (κ2) is 9.94.